The maximum Gasteiger partial charge on any atom is 0.206 e. The Morgan fingerprint density at radius 1 is 0.833 bits per heavy atom. The number of hydrogen-bond acceptors (Lipinski definition) is 3. The quantitative estimate of drug-likeness (QED) is 0.581. The van der Waals surface area contributed by atoms with Gasteiger partial charge in [0.15, 0.2) is 0 Å². The van der Waals surface area contributed by atoms with Gasteiger partial charge in [-0.25, -0.2) is 0 Å². The normalized spacial score (nSPS) is 9.56. The highest BCUT2D eigenvalue weighted by Crippen LogP contribution is 2.10. The van der Waals surface area contributed by atoms with E-state index in [2.05, 4.69) is 10.9 Å². The maximum absolute atomic E-state index is 5.66. The van der Waals surface area contributed by atoms with E-state index in [1.807, 2.05) is 60.7 Å². The number of thiocarbonyl (C=S) groups is 1. The number of nitrogens with zero attached hydrogens (tertiary/aromatic N) is 1. The molecule has 4 nitrogen and oxygen atoms in total. The summed E-state index contributed by atoms with van der Waals surface area (Å²) in [6.45, 7) is 0. The van der Waals surface area contributed by atoms with Gasteiger partial charge in [-0.05, 0) is 36.5 Å². The molecule has 2 aromatic carbocycles. The van der Waals surface area contributed by atoms with Crippen LogP contribution in [0.25, 0.3) is 0 Å². The molecule has 0 amide bonds. The highest BCUT2D eigenvalue weighted by atomic mass is 32.1. The largest absolute Gasteiger partial charge is 0.373 e. The van der Waals surface area contributed by atoms with E-state index in [9.17, 15) is 0 Å². The second-order valence-electron chi connectivity index (χ2n) is 3.63. The molecule has 4 N–H and O–H groups in total. The molecule has 0 unspecified atom stereocenters. The molecule has 2 rings (SSSR count). The van der Waals surface area contributed by atoms with Gasteiger partial charge in [0.25, 0.3) is 0 Å². The molecule has 18 heavy (non-hydrogen) atoms. The van der Waals surface area contributed by atoms with Gasteiger partial charge in [-0.1, -0.05) is 36.4 Å². The molecule has 5 heteroatoms. The number of anilines is 2. The van der Waals surface area contributed by atoms with Gasteiger partial charge in [0.05, 0.1) is 11.4 Å². The molecular weight excluding hydrogens is 244 g/mol. The highest BCUT2D eigenvalue weighted by molar-refractivity contribution is 7.80. The minimum absolute atomic E-state index is 0.211. The van der Waals surface area contributed by atoms with Crippen molar-refractivity contribution in [3.63, 3.8) is 0 Å². The third-order valence-electron chi connectivity index (χ3n) is 2.25. The summed E-state index contributed by atoms with van der Waals surface area (Å²) < 4.78 is 0. The van der Waals surface area contributed by atoms with E-state index in [-0.39, 0.29) is 5.11 Å². The first-order chi connectivity index (χ1) is 8.75. The minimum Gasteiger partial charge on any atom is -0.373 e. The molecule has 0 atom stereocenters. The van der Waals surface area contributed by atoms with Gasteiger partial charge >= 0.3 is 0 Å². The Kier molecular flexibility index (Phi) is 3.98. The van der Waals surface area contributed by atoms with Gasteiger partial charge in [0.2, 0.25) is 5.11 Å². The fourth-order valence-corrected chi connectivity index (χ4v) is 1.51. The summed E-state index contributed by atoms with van der Waals surface area (Å²) in [7, 11) is 0. The van der Waals surface area contributed by atoms with Crippen molar-refractivity contribution in [2.75, 3.05) is 10.9 Å². The van der Waals surface area contributed by atoms with Crippen LogP contribution in [0.4, 0.5) is 11.4 Å². The molecular formula is C13H14N4S. The van der Waals surface area contributed by atoms with Gasteiger partial charge < -0.3 is 5.73 Å². The molecule has 0 spiro atoms. The predicted octanol–water partition coefficient (Wildman–Crippen LogP) is 2.59. The van der Waals surface area contributed by atoms with E-state index in [0.717, 1.165) is 11.4 Å². The van der Waals surface area contributed by atoms with Gasteiger partial charge in [-0.3, -0.25) is 10.9 Å². The van der Waals surface area contributed by atoms with Crippen molar-refractivity contribution in [1.82, 2.24) is 5.12 Å². The summed E-state index contributed by atoms with van der Waals surface area (Å²) in [5.74, 6) is 0. The molecule has 2 aromatic rings. The van der Waals surface area contributed by atoms with E-state index < -0.39 is 0 Å². The van der Waals surface area contributed by atoms with Crippen LogP contribution in [0.5, 0.6) is 0 Å². The average Bonchev–Trinajstić information content (AvgIpc) is 2.40. The number of nitrogens with two attached hydrogens (primary N) is 1. The number of nitrogens with one attached hydrogen (secondary N) is 2. The highest BCUT2D eigenvalue weighted by Gasteiger charge is 2.05. The average molecular weight is 258 g/mol. The van der Waals surface area contributed by atoms with Gasteiger partial charge in [-0.2, -0.15) is 5.12 Å². The minimum atomic E-state index is 0.211. The van der Waals surface area contributed by atoms with Crippen LogP contribution in [-0.4, -0.2) is 10.2 Å². The molecule has 0 radical (unpaired) electrons. The molecule has 0 fully saturated rings. The van der Waals surface area contributed by atoms with E-state index in [4.69, 9.17) is 18.0 Å². The SMILES string of the molecule is NC(=S)N(Nc1ccccc1)Nc1ccccc1. The topological polar surface area (TPSA) is 53.3 Å². The van der Waals surface area contributed by atoms with E-state index >= 15 is 0 Å². The van der Waals surface area contributed by atoms with Crippen LogP contribution < -0.4 is 16.6 Å². The van der Waals surface area contributed by atoms with Crippen LogP contribution in [0.3, 0.4) is 0 Å². The van der Waals surface area contributed by atoms with Crippen molar-refractivity contribution < 1.29 is 0 Å². The summed E-state index contributed by atoms with van der Waals surface area (Å²) in [4.78, 5) is 0. The van der Waals surface area contributed by atoms with Gasteiger partial charge in [0, 0.05) is 0 Å². The summed E-state index contributed by atoms with van der Waals surface area (Å²) in [6, 6.07) is 19.3. The third kappa shape index (κ3) is 3.36. The van der Waals surface area contributed by atoms with Crippen LogP contribution in [0.15, 0.2) is 60.7 Å². The lowest BCUT2D eigenvalue weighted by Crippen LogP contribution is -2.44. The van der Waals surface area contributed by atoms with Crippen LogP contribution in [-0.2, 0) is 0 Å². The second kappa shape index (κ2) is 5.88. The standard InChI is InChI=1S/C13H14N4S/c14-13(18)17(15-11-7-3-1-4-8-11)16-12-9-5-2-6-10-12/h1-10,15-16H,(H2,14,18). The molecule has 0 heterocycles. The fourth-order valence-electron chi connectivity index (χ4n) is 1.42. The first kappa shape index (κ1) is 12.2. The first-order valence-corrected chi connectivity index (χ1v) is 5.89. The van der Waals surface area contributed by atoms with E-state index in [1.54, 1.807) is 0 Å². The molecule has 0 bridgehead atoms. The number of rotatable bonds is 4. The van der Waals surface area contributed by atoms with Crippen LogP contribution in [0, 0.1) is 0 Å². The fraction of sp³-hybridized carbons (Fsp3) is 0. The summed E-state index contributed by atoms with van der Waals surface area (Å²) in [6.07, 6.45) is 0. The Labute approximate surface area is 111 Å². The first-order valence-electron chi connectivity index (χ1n) is 5.48. The molecule has 0 aromatic heterocycles. The molecule has 0 saturated carbocycles. The third-order valence-corrected chi connectivity index (χ3v) is 2.43. The summed E-state index contributed by atoms with van der Waals surface area (Å²) >= 11 is 4.99. The van der Waals surface area contributed by atoms with Crippen molar-refractivity contribution in [1.29, 1.82) is 0 Å². The number of hydrazine groups is 2. The zero-order chi connectivity index (χ0) is 12.8. The Hall–Kier alpha value is -2.27. The van der Waals surface area contributed by atoms with E-state index in [0.29, 0.717) is 0 Å². The number of hydrogen-bond donors (Lipinski definition) is 3. The predicted molar refractivity (Wildman–Crippen MR) is 78.8 cm³/mol. The lowest BCUT2D eigenvalue weighted by atomic mass is 10.3. The lowest BCUT2D eigenvalue weighted by Gasteiger charge is -2.25. The maximum atomic E-state index is 5.66. The van der Waals surface area contributed by atoms with Crippen molar-refractivity contribution in [3.05, 3.63) is 60.7 Å². The summed E-state index contributed by atoms with van der Waals surface area (Å²) in [5.41, 5.74) is 13.6. The molecule has 92 valence electrons. The van der Waals surface area contributed by atoms with Gasteiger partial charge in [0.1, 0.15) is 0 Å². The van der Waals surface area contributed by atoms with Crippen LogP contribution >= 0.6 is 12.2 Å². The smallest absolute Gasteiger partial charge is 0.206 e. The van der Waals surface area contributed by atoms with E-state index in [1.165, 1.54) is 5.12 Å². The Bertz CT molecular complexity index is 459. The Morgan fingerprint density at radius 2 is 1.22 bits per heavy atom. The zero-order valence-corrected chi connectivity index (χ0v) is 10.5. The van der Waals surface area contributed by atoms with Gasteiger partial charge in [-0.15, -0.1) is 0 Å². The van der Waals surface area contributed by atoms with Crippen molar-refractivity contribution in [2.24, 2.45) is 5.73 Å². The Morgan fingerprint density at radius 3 is 1.56 bits per heavy atom. The summed E-state index contributed by atoms with van der Waals surface area (Å²) in [5, 5.41) is 1.71. The number of para-hydroxylation sites is 2. The molecule has 0 saturated heterocycles. The molecule has 0 aliphatic carbocycles. The zero-order valence-electron chi connectivity index (χ0n) is 9.71. The lowest BCUT2D eigenvalue weighted by molar-refractivity contribution is 0.600. The number of benzene rings is 2. The van der Waals surface area contributed by atoms with Crippen LogP contribution in [0.2, 0.25) is 0 Å². The van der Waals surface area contributed by atoms with Crippen molar-refractivity contribution >= 4 is 28.7 Å². The molecule has 0 aliphatic heterocycles. The second-order valence-corrected chi connectivity index (χ2v) is 4.05. The van der Waals surface area contributed by atoms with Crippen molar-refractivity contribution in [2.45, 2.75) is 0 Å². The monoisotopic (exact) mass is 258 g/mol. The van der Waals surface area contributed by atoms with Crippen LogP contribution in [0.1, 0.15) is 0 Å². The Balaban J connectivity index is 2.08. The molecule has 0 aliphatic rings. The van der Waals surface area contributed by atoms with Crippen molar-refractivity contribution in [3.8, 4) is 0 Å².